The highest BCUT2D eigenvalue weighted by molar-refractivity contribution is 5.69. The van der Waals surface area contributed by atoms with E-state index < -0.39 is 12.2 Å². The molecule has 3 N–H and O–H groups in total. The molecule has 1 aliphatic rings. The fourth-order valence-corrected chi connectivity index (χ4v) is 5.23. The SMILES string of the molecule is CCCCCCCCCC(=O)O/C=C/C=C/CCC[C@@H]1[C@@H](CC[C@@H](O)CCCCC)[C@H](O)C[C@@H]1O. The van der Waals surface area contributed by atoms with Gasteiger partial charge in [0.2, 0.25) is 0 Å². The van der Waals surface area contributed by atoms with E-state index in [2.05, 4.69) is 13.8 Å². The molecule has 0 amide bonds. The van der Waals surface area contributed by atoms with E-state index >= 15 is 0 Å². The Kier molecular flexibility index (Phi) is 19.1. The van der Waals surface area contributed by atoms with Crippen LogP contribution in [0.1, 0.15) is 129 Å². The summed E-state index contributed by atoms with van der Waals surface area (Å²) in [7, 11) is 0. The van der Waals surface area contributed by atoms with E-state index in [-0.39, 0.29) is 23.9 Å². The first-order valence-electron chi connectivity index (χ1n) is 14.5. The third kappa shape index (κ3) is 15.5. The summed E-state index contributed by atoms with van der Waals surface area (Å²) in [6, 6.07) is 0. The van der Waals surface area contributed by atoms with Crippen molar-refractivity contribution in [2.45, 2.75) is 148 Å². The number of unbranched alkanes of at least 4 members (excludes halogenated alkanes) is 9. The fraction of sp³-hybridized carbons (Fsp3) is 0.833. The van der Waals surface area contributed by atoms with Crippen LogP contribution in [-0.2, 0) is 9.53 Å². The number of aliphatic hydroxyl groups excluding tert-OH is 3. The molecule has 0 saturated heterocycles. The van der Waals surface area contributed by atoms with Gasteiger partial charge in [0, 0.05) is 6.42 Å². The van der Waals surface area contributed by atoms with Gasteiger partial charge in [-0.1, -0.05) is 83.8 Å². The summed E-state index contributed by atoms with van der Waals surface area (Å²) in [6.07, 6.45) is 23.5. The van der Waals surface area contributed by atoms with Crippen LogP contribution in [0.15, 0.2) is 24.5 Å². The molecule has 5 atom stereocenters. The van der Waals surface area contributed by atoms with Crippen LogP contribution >= 0.6 is 0 Å². The zero-order valence-corrected chi connectivity index (χ0v) is 22.6. The van der Waals surface area contributed by atoms with Crippen LogP contribution in [0, 0.1) is 11.8 Å². The van der Waals surface area contributed by atoms with Gasteiger partial charge < -0.3 is 20.1 Å². The number of rotatable bonds is 21. The van der Waals surface area contributed by atoms with Gasteiger partial charge >= 0.3 is 5.97 Å². The van der Waals surface area contributed by atoms with Crippen molar-refractivity contribution in [2.24, 2.45) is 11.8 Å². The molecule has 35 heavy (non-hydrogen) atoms. The first-order valence-corrected chi connectivity index (χ1v) is 14.5. The highest BCUT2D eigenvalue weighted by atomic mass is 16.5. The zero-order chi connectivity index (χ0) is 25.7. The molecule has 0 spiro atoms. The average Bonchev–Trinajstić information content (AvgIpc) is 3.10. The lowest BCUT2D eigenvalue weighted by molar-refractivity contribution is -0.138. The second kappa shape index (κ2) is 21.0. The Morgan fingerprint density at radius 2 is 1.46 bits per heavy atom. The summed E-state index contributed by atoms with van der Waals surface area (Å²) < 4.78 is 5.14. The molecule has 0 bridgehead atoms. The Balaban J connectivity index is 2.17. The van der Waals surface area contributed by atoms with Crippen LogP contribution in [-0.4, -0.2) is 39.6 Å². The monoisotopic (exact) mass is 494 g/mol. The van der Waals surface area contributed by atoms with Crippen molar-refractivity contribution in [1.82, 2.24) is 0 Å². The summed E-state index contributed by atoms with van der Waals surface area (Å²) in [6.45, 7) is 4.37. The predicted octanol–water partition coefficient (Wildman–Crippen LogP) is 6.99. The normalized spacial score (nSPS) is 23.5. The molecule has 0 heterocycles. The third-order valence-corrected chi connectivity index (χ3v) is 7.41. The third-order valence-electron chi connectivity index (χ3n) is 7.41. The van der Waals surface area contributed by atoms with Crippen molar-refractivity contribution < 1.29 is 24.9 Å². The molecule has 0 aromatic heterocycles. The summed E-state index contributed by atoms with van der Waals surface area (Å²) >= 11 is 0. The second-order valence-electron chi connectivity index (χ2n) is 10.5. The molecule has 0 aromatic carbocycles. The van der Waals surface area contributed by atoms with Crippen molar-refractivity contribution >= 4 is 5.97 Å². The summed E-state index contributed by atoms with van der Waals surface area (Å²) in [4.78, 5) is 11.8. The van der Waals surface area contributed by atoms with Gasteiger partial charge in [0.25, 0.3) is 0 Å². The Bertz CT molecular complexity index is 573. The maximum absolute atomic E-state index is 11.8. The topological polar surface area (TPSA) is 87.0 Å². The lowest BCUT2D eigenvalue weighted by Gasteiger charge is -2.24. The van der Waals surface area contributed by atoms with E-state index in [0.717, 1.165) is 64.2 Å². The number of ether oxygens (including phenoxy) is 1. The van der Waals surface area contributed by atoms with Gasteiger partial charge in [-0.05, 0) is 69.3 Å². The van der Waals surface area contributed by atoms with Gasteiger partial charge in [-0.2, -0.15) is 0 Å². The molecule has 1 fully saturated rings. The van der Waals surface area contributed by atoms with Crippen LogP contribution in [0.2, 0.25) is 0 Å². The number of carbonyl (C=O) groups is 1. The van der Waals surface area contributed by atoms with Crippen molar-refractivity contribution in [3.8, 4) is 0 Å². The summed E-state index contributed by atoms with van der Waals surface area (Å²) in [5.41, 5.74) is 0. The minimum absolute atomic E-state index is 0.0745. The van der Waals surface area contributed by atoms with E-state index in [4.69, 9.17) is 4.74 Å². The van der Waals surface area contributed by atoms with E-state index in [9.17, 15) is 20.1 Å². The number of carbonyl (C=O) groups excluding carboxylic acids is 1. The maximum atomic E-state index is 11.8. The molecular formula is C30H54O5. The van der Waals surface area contributed by atoms with Crippen LogP contribution < -0.4 is 0 Å². The van der Waals surface area contributed by atoms with Gasteiger partial charge in [-0.15, -0.1) is 0 Å². The number of allylic oxidation sites excluding steroid dienone is 3. The van der Waals surface area contributed by atoms with Gasteiger partial charge in [0.05, 0.1) is 24.6 Å². The van der Waals surface area contributed by atoms with Crippen molar-refractivity contribution in [3.63, 3.8) is 0 Å². The molecule has 5 nitrogen and oxygen atoms in total. The number of esters is 1. The molecule has 1 aliphatic carbocycles. The zero-order valence-electron chi connectivity index (χ0n) is 22.6. The lowest BCUT2D eigenvalue weighted by Crippen LogP contribution is -2.23. The van der Waals surface area contributed by atoms with Gasteiger partial charge in [0.1, 0.15) is 0 Å². The summed E-state index contributed by atoms with van der Waals surface area (Å²) in [5.74, 6) is 0.00773. The van der Waals surface area contributed by atoms with Crippen molar-refractivity contribution in [2.75, 3.05) is 0 Å². The Hall–Kier alpha value is -1.17. The van der Waals surface area contributed by atoms with Crippen molar-refractivity contribution in [1.29, 1.82) is 0 Å². The minimum Gasteiger partial charge on any atom is -0.434 e. The lowest BCUT2D eigenvalue weighted by atomic mass is 9.84. The largest absolute Gasteiger partial charge is 0.434 e. The highest BCUT2D eigenvalue weighted by Crippen LogP contribution is 2.39. The van der Waals surface area contributed by atoms with E-state index in [1.165, 1.54) is 38.4 Å². The highest BCUT2D eigenvalue weighted by Gasteiger charge is 2.40. The van der Waals surface area contributed by atoms with Gasteiger partial charge in [0.15, 0.2) is 0 Å². The molecule has 5 heteroatoms. The number of hydrogen-bond donors (Lipinski definition) is 3. The quantitative estimate of drug-likeness (QED) is 0.0693. The molecule has 0 unspecified atom stereocenters. The Labute approximate surface area is 215 Å². The van der Waals surface area contributed by atoms with Gasteiger partial charge in [-0.25, -0.2) is 0 Å². The van der Waals surface area contributed by atoms with Gasteiger partial charge in [-0.3, -0.25) is 4.79 Å². The van der Waals surface area contributed by atoms with Crippen LogP contribution in [0.25, 0.3) is 0 Å². The molecule has 204 valence electrons. The molecular weight excluding hydrogens is 440 g/mol. The predicted molar refractivity (Wildman–Crippen MR) is 144 cm³/mol. The number of aliphatic hydroxyl groups is 3. The van der Waals surface area contributed by atoms with Crippen molar-refractivity contribution in [3.05, 3.63) is 24.5 Å². The standard InChI is InChI=1S/C30H54O5/c1-3-5-7-8-9-12-16-20-30(34)35-23-17-13-10-11-15-19-26-27(29(33)24-28(26)32)22-21-25(31)18-14-6-4-2/h10,13,17,23,25-29,31-33H,3-9,11-12,14-16,18-22,24H2,1-2H3/b13-10+,23-17+/t25-,26+,27+,28-,29+/m0/s1. The molecule has 0 aromatic rings. The first kappa shape index (κ1) is 31.9. The number of hydrogen-bond acceptors (Lipinski definition) is 5. The molecule has 0 radical (unpaired) electrons. The minimum atomic E-state index is -0.466. The maximum Gasteiger partial charge on any atom is 0.310 e. The second-order valence-corrected chi connectivity index (χ2v) is 10.5. The van der Waals surface area contributed by atoms with E-state index in [1.54, 1.807) is 6.08 Å². The molecule has 0 aliphatic heterocycles. The Morgan fingerprint density at radius 3 is 2.17 bits per heavy atom. The molecule has 1 rings (SSSR count). The van der Waals surface area contributed by atoms with E-state index in [1.807, 2.05) is 12.2 Å². The molecule has 1 saturated carbocycles. The van der Waals surface area contributed by atoms with E-state index in [0.29, 0.717) is 19.3 Å². The van der Waals surface area contributed by atoms with Crippen LogP contribution in [0.3, 0.4) is 0 Å². The first-order chi connectivity index (χ1) is 17.0. The fourth-order valence-electron chi connectivity index (χ4n) is 5.23. The van der Waals surface area contributed by atoms with Crippen LogP contribution in [0.5, 0.6) is 0 Å². The Morgan fingerprint density at radius 1 is 0.829 bits per heavy atom. The smallest absolute Gasteiger partial charge is 0.310 e. The van der Waals surface area contributed by atoms with Crippen LogP contribution in [0.4, 0.5) is 0 Å². The average molecular weight is 495 g/mol. The summed E-state index contributed by atoms with van der Waals surface area (Å²) in [5, 5.41) is 31.1.